The number of benzene rings is 1. The molecule has 2 heterocycles. The predicted octanol–water partition coefficient (Wildman–Crippen LogP) is 3.41. The zero-order valence-electron chi connectivity index (χ0n) is 18.5. The zero-order chi connectivity index (χ0) is 23.2. The second kappa shape index (κ2) is 8.54. The Morgan fingerprint density at radius 2 is 1.84 bits per heavy atom. The van der Waals surface area contributed by atoms with E-state index in [4.69, 9.17) is 5.11 Å². The van der Waals surface area contributed by atoms with Crippen LogP contribution in [0.25, 0.3) is 10.9 Å². The van der Waals surface area contributed by atoms with Gasteiger partial charge in [0.05, 0.1) is 22.8 Å². The summed E-state index contributed by atoms with van der Waals surface area (Å²) < 4.78 is 21.7. The number of ketones is 1. The molecular weight excluding hydrogens is 417 g/mol. The highest BCUT2D eigenvalue weighted by molar-refractivity contribution is 5.85. The third-order valence-corrected chi connectivity index (χ3v) is 6.37. The molecule has 1 N–H and O–H groups in total. The molecule has 2 fully saturated rings. The molecule has 1 aliphatic heterocycles. The lowest BCUT2D eigenvalue weighted by atomic mass is 10.0. The molecule has 1 saturated carbocycles. The van der Waals surface area contributed by atoms with Crippen molar-refractivity contribution in [3.8, 4) is 5.75 Å². The molecule has 172 valence electrons. The summed E-state index contributed by atoms with van der Waals surface area (Å²) in [5.74, 6) is -0.692. The summed E-state index contributed by atoms with van der Waals surface area (Å²) in [6.07, 6.45) is 2.14. The molecule has 0 amide bonds. The number of aromatic nitrogens is 1. The van der Waals surface area contributed by atoms with Crippen LogP contribution in [-0.2, 0) is 4.79 Å². The smallest absolute Gasteiger partial charge is 0.449 e. The summed E-state index contributed by atoms with van der Waals surface area (Å²) in [5.41, 5.74) is 0.356. The van der Waals surface area contributed by atoms with Crippen LogP contribution in [0.4, 0.5) is 14.9 Å². The van der Waals surface area contributed by atoms with E-state index in [1.807, 2.05) is 9.47 Å². The maximum Gasteiger partial charge on any atom is 0.511 e. The number of carbonyl (C=O) groups is 2. The fraction of sp³-hybridized carbons (Fsp3) is 0.522. The van der Waals surface area contributed by atoms with E-state index in [0.29, 0.717) is 37.3 Å². The van der Waals surface area contributed by atoms with Crippen LogP contribution in [0.3, 0.4) is 0 Å². The minimum Gasteiger partial charge on any atom is -0.449 e. The number of carboxylic acid groups (broad SMARTS) is 1. The number of pyridine rings is 1. The Kier molecular flexibility index (Phi) is 5.94. The SMILES string of the molecule is CC(=O)CCN1C(C)CN(c2cc3c(cc2F)c(=O)c(OC(=O)O)cn3C2CC2)CC1C. The highest BCUT2D eigenvalue weighted by Crippen LogP contribution is 2.39. The lowest BCUT2D eigenvalue weighted by Crippen LogP contribution is -2.57. The van der Waals surface area contributed by atoms with Crippen LogP contribution in [0.2, 0.25) is 0 Å². The van der Waals surface area contributed by atoms with E-state index < -0.39 is 17.4 Å². The normalized spacial score (nSPS) is 21.7. The number of hydrogen-bond donors (Lipinski definition) is 1. The van der Waals surface area contributed by atoms with Crippen LogP contribution >= 0.6 is 0 Å². The van der Waals surface area contributed by atoms with E-state index in [0.717, 1.165) is 12.8 Å². The van der Waals surface area contributed by atoms with Gasteiger partial charge in [-0.15, -0.1) is 0 Å². The van der Waals surface area contributed by atoms with Gasteiger partial charge in [-0.1, -0.05) is 0 Å². The minimum absolute atomic E-state index is 0.109. The molecule has 2 unspecified atom stereocenters. The van der Waals surface area contributed by atoms with Gasteiger partial charge >= 0.3 is 6.16 Å². The van der Waals surface area contributed by atoms with Crippen LogP contribution in [0.5, 0.6) is 5.75 Å². The van der Waals surface area contributed by atoms with Gasteiger partial charge in [0.25, 0.3) is 0 Å². The summed E-state index contributed by atoms with van der Waals surface area (Å²) in [7, 11) is 0. The molecule has 2 aromatic rings. The number of nitrogens with zero attached hydrogens (tertiary/aromatic N) is 3. The Morgan fingerprint density at radius 1 is 1.19 bits per heavy atom. The number of carbonyl (C=O) groups excluding carboxylic acids is 1. The molecular formula is C23H28FN3O5. The van der Waals surface area contributed by atoms with Crippen molar-refractivity contribution in [2.24, 2.45) is 0 Å². The van der Waals surface area contributed by atoms with Crippen molar-refractivity contribution in [1.82, 2.24) is 9.47 Å². The van der Waals surface area contributed by atoms with Crippen molar-refractivity contribution in [3.63, 3.8) is 0 Å². The second-order valence-corrected chi connectivity index (χ2v) is 8.94. The number of anilines is 1. The molecule has 1 aliphatic carbocycles. The van der Waals surface area contributed by atoms with E-state index in [9.17, 15) is 14.4 Å². The lowest BCUT2D eigenvalue weighted by molar-refractivity contribution is -0.117. The van der Waals surface area contributed by atoms with Gasteiger partial charge < -0.3 is 19.3 Å². The third-order valence-electron chi connectivity index (χ3n) is 6.37. The van der Waals surface area contributed by atoms with Crippen molar-refractivity contribution in [3.05, 3.63) is 34.4 Å². The quantitative estimate of drug-likeness (QED) is 0.681. The lowest BCUT2D eigenvalue weighted by Gasteiger charge is -2.45. The molecule has 9 heteroatoms. The molecule has 1 saturated heterocycles. The van der Waals surface area contributed by atoms with Gasteiger partial charge in [0, 0.05) is 44.2 Å². The van der Waals surface area contributed by atoms with E-state index in [1.165, 1.54) is 12.3 Å². The van der Waals surface area contributed by atoms with Gasteiger partial charge in [-0.3, -0.25) is 14.5 Å². The molecule has 1 aromatic heterocycles. The molecule has 0 radical (unpaired) electrons. The average Bonchev–Trinajstić information content (AvgIpc) is 3.54. The van der Waals surface area contributed by atoms with E-state index >= 15 is 4.39 Å². The van der Waals surface area contributed by atoms with Crippen LogP contribution < -0.4 is 15.1 Å². The number of ether oxygens (including phenoxy) is 1. The molecule has 2 atom stereocenters. The van der Waals surface area contributed by atoms with E-state index in [1.54, 1.807) is 13.0 Å². The van der Waals surface area contributed by atoms with Gasteiger partial charge in [-0.25, -0.2) is 9.18 Å². The average molecular weight is 445 g/mol. The largest absolute Gasteiger partial charge is 0.511 e. The molecule has 8 nitrogen and oxygen atoms in total. The molecule has 1 aromatic carbocycles. The van der Waals surface area contributed by atoms with Gasteiger partial charge in [-0.2, -0.15) is 0 Å². The number of hydrogen-bond acceptors (Lipinski definition) is 6. The maximum atomic E-state index is 15.2. The van der Waals surface area contributed by atoms with Crippen LogP contribution in [-0.4, -0.2) is 58.2 Å². The number of fused-ring (bicyclic) bond motifs is 1. The first kappa shape index (κ1) is 22.3. The highest BCUT2D eigenvalue weighted by atomic mass is 19.1. The molecule has 0 spiro atoms. The minimum atomic E-state index is -1.58. The van der Waals surface area contributed by atoms with Gasteiger partial charge in [0.1, 0.15) is 11.6 Å². The first-order chi connectivity index (χ1) is 15.2. The molecule has 4 rings (SSSR count). The van der Waals surface area contributed by atoms with Crippen molar-refractivity contribution >= 4 is 28.5 Å². The molecule has 32 heavy (non-hydrogen) atoms. The molecule has 0 bridgehead atoms. The Hall–Kier alpha value is -2.94. The van der Waals surface area contributed by atoms with Crippen molar-refractivity contribution in [1.29, 1.82) is 0 Å². The summed E-state index contributed by atoms with van der Waals surface area (Å²) >= 11 is 0. The third kappa shape index (κ3) is 4.34. The Morgan fingerprint density at radius 3 is 2.41 bits per heavy atom. The van der Waals surface area contributed by atoms with Crippen LogP contribution in [0.15, 0.2) is 23.1 Å². The van der Waals surface area contributed by atoms with Gasteiger partial charge in [0.2, 0.25) is 5.43 Å². The first-order valence-electron chi connectivity index (χ1n) is 10.9. The summed E-state index contributed by atoms with van der Waals surface area (Å²) in [6.45, 7) is 7.59. The standard InChI is InChI=1S/C23H28FN3O5/c1-13-10-25(11-14(2)26(13)7-6-15(3)28)20-9-19-17(8-18(20)24)22(29)21(32-23(30)31)12-27(19)16-4-5-16/h8-9,12-14,16H,4-7,10-11H2,1-3H3,(H,30,31). The zero-order valence-corrected chi connectivity index (χ0v) is 18.5. The fourth-order valence-electron chi connectivity index (χ4n) is 4.68. The Labute approximate surface area is 185 Å². The van der Waals surface area contributed by atoms with Crippen molar-refractivity contribution < 1.29 is 23.8 Å². The number of halogens is 1. The van der Waals surface area contributed by atoms with Crippen LogP contribution in [0.1, 0.15) is 46.1 Å². The number of rotatable bonds is 6. The maximum absolute atomic E-state index is 15.2. The van der Waals surface area contributed by atoms with Crippen LogP contribution in [0, 0.1) is 5.82 Å². The molecule has 2 aliphatic rings. The second-order valence-electron chi connectivity index (χ2n) is 8.94. The fourth-order valence-corrected chi connectivity index (χ4v) is 4.68. The summed E-state index contributed by atoms with van der Waals surface area (Å²) in [4.78, 5) is 39.4. The Bertz CT molecular complexity index is 1110. The highest BCUT2D eigenvalue weighted by Gasteiger charge is 2.32. The summed E-state index contributed by atoms with van der Waals surface area (Å²) in [5, 5.41) is 9.05. The first-order valence-corrected chi connectivity index (χ1v) is 10.9. The van der Waals surface area contributed by atoms with E-state index in [2.05, 4.69) is 23.5 Å². The number of piperazine rings is 1. The topological polar surface area (TPSA) is 92.1 Å². The Balaban J connectivity index is 1.71. The summed E-state index contributed by atoms with van der Waals surface area (Å²) in [6, 6.07) is 3.28. The van der Waals surface area contributed by atoms with E-state index in [-0.39, 0.29) is 35.0 Å². The van der Waals surface area contributed by atoms with Crippen molar-refractivity contribution in [2.75, 3.05) is 24.5 Å². The van der Waals surface area contributed by atoms with Gasteiger partial charge in [0.15, 0.2) is 5.75 Å². The van der Waals surface area contributed by atoms with Crippen molar-refractivity contribution in [2.45, 2.75) is 58.2 Å². The number of Topliss-reactive ketones (excluding diaryl/α,β-unsaturated/α-hetero) is 1. The predicted molar refractivity (Wildman–Crippen MR) is 118 cm³/mol. The monoisotopic (exact) mass is 445 g/mol. The van der Waals surface area contributed by atoms with Gasteiger partial charge in [-0.05, 0) is 45.7 Å².